The topological polar surface area (TPSA) is 83.7 Å². The Morgan fingerprint density at radius 1 is 1.53 bits per heavy atom. The maximum absolute atomic E-state index is 11.4. The Hall–Kier alpha value is -1.85. The summed E-state index contributed by atoms with van der Waals surface area (Å²) in [6, 6.07) is 0.230. The van der Waals surface area contributed by atoms with Crippen molar-refractivity contribution >= 4 is 11.2 Å². The van der Waals surface area contributed by atoms with Crippen LogP contribution in [0.25, 0.3) is 11.2 Å². The highest BCUT2D eigenvalue weighted by atomic mass is 16.5. The van der Waals surface area contributed by atoms with Gasteiger partial charge < -0.3 is 9.72 Å². The summed E-state index contributed by atoms with van der Waals surface area (Å²) in [5.74, 6) is 0. The van der Waals surface area contributed by atoms with Gasteiger partial charge in [-0.05, 0) is 6.42 Å². The van der Waals surface area contributed by atoms with Crippen LogP contribution in [0.5, 0.6) is 6.01 Å². The summed E-state index contributed by atoms with van der Waals surface area (Å²) in [7, 11) is 0. The molecule has 0 saturated carbocycles. The fourth-order valence-electron chi connectivity index (χ4n) is 1.20. The lowest BCUT2D eigenvalue weighted by atomic mass is 10.4. The molecule has 0 saturated heterocycles. The van der Waals surface area contributed by atoms with Crippen LogP contribution in [0.3, 0.4) is 0 Å². The molecule has 2 N–H and O–H groups in total. The van der Waals surface area contributed by atoms with Crippen molar-refractivity contribution in [3.8, 4) is 6.01 Å². The molecule has 0 atom stereocenters. The van der Waals surface area contributed by atoms with E-state index in [0.717, 1.165) is 12.8 Å². The van der Waals surface area contributed by atoms with Crippen LogP contribution in [-0.4, -0.2) is 26.5 Å². The van der Waals surface area contributed by atoms with E-state index in [4.69, 9.17) is 4.74 Å². The van der Waals surface area contributed by atoms with Gasteiger partial charge in [-0.2, -0.15) is 4.98 Å². The quantitative estimate of drug-likeness (QED) is 0.729. The molecule has 2 aromatic rings. The number of imidazole rings is 1. The average Bonchev–Trinajstić information content (AvgIpc) is 2.66. The first-order valence-electron chi connectivity index (χ1n) is 4.87. The molecule has 2 heterocycles. The molecule has 0 aliphatic heterocycles. The second kappa shape index (κ2) is 4.12. The summed E-state index contributed by atoms with van der Waals surface area (Å²) in [5.41, 5.74) is 0.493. The van der Waals surface area contributed by atoms with Crippen LogP contribution in [-0.2, 0) is 0 Å². The highest BCUT2D eigenvalue weighted by Crippen LogP contribution is 2.05. The first kappa shape index (κ1) is 9.70. The molecule has 6 nitrogen and oxygen atoms in total. The number of aromatic amines is 2. The Balaban J connectivity index is 2.25. The fraction of sp³-hybridized carbons (Fsp3) is 0.444. The smallest absolute Gasteiger partial charge is 0.298 e. The Morgan fingerprint density at radius 3 is 3.20 bits per heavy atom. The van der Waals surface area contributed by atoms with E-state index in [-0.39, 0.29) is 11.6 Å². The highest BCUT2D eigenvalue weighted by molar-refractivity contribution is 5.68. The number of hydrogen-bond acceptors (Lipinski definition) is 4. The lowest BCUT2D eigenvalue weighted by Crippen LogP contribution is -2.11. The Labute approximate surface area is 85.7 Å². The second-order valence-electron chi connectivity index (χ2n) is 3.17. The van der Waals surface area contributed by atoms with Gasteiger partial charge in [0.25, 0.3) is 11.6 Å². The minimum absolute atomic E-state index is 0.230. The zero-order valence-electron chi connectivity index (χ0n) is 8.41. The number of nitrogens with one attached hydrogen (secondary N) is 2. The molecule has 0 aliphatic rings. The molecule has 0 aliphatic carbocycles. The van der Waals surface area contributed by atoms with Gasteiger partial charge in [0.15, 0.2) is 11.2 Å². The van der Waals surface area contributed by atoms with E-state index in [1.54, 1.807) is 0 Å². The van der Waals surface area contributed by atoms with Crippen molar-refractivity contribution < 1.29 is 4.74 Å². The number of nitrogens with zero attached hydrogens (tertiary/aromatic N) is 2. The number of aromatic nitrogens is 4. The van der Waals surface area contributed by atoms with Gasteiger partial charge in [-0.1, -0.05) is 13.3 Å². The molecule has 0 radical (unpaired) electrons. The van der Waals surface area contributed by atoms with Crippen molar-refractivity contribution in [2.75, 3.05) is 6.61 Å². The minimum atomic E-state index is -0.260. The molecule has 0 aromatic carbocycles. The Kier molecular flexibility index (Phi) is 2.66. The molecule has 0 bridgehead atoms. The highest BCUT2D eigenvalue weighted by Gasteiger charge is 2.05. The number of unbranched alkanes of at least 4 members (excludes halogenated alkanes) is 1. The molecule has 2 rings (SSSR count). The van der Waals surface area contributed by atoms with Crippen molar-refractivity contribution in [3.63, 3.8) is 0 Å². The predicted molar refractivity (Wildman–Crippen MR) is 54.9 cm³/mol. The van der Waals surface area contributed by atoms with Crippen LogP contribution in [0.4, 0.5) is 0 Å². The van der Waals surface area contributed by atoms with Gasteiger partial charge in [0, 0.05) is 0 Å². The first-order valence-corrected chi connectivity index (χ1v) is 4.87. The zero-order valence-corrected chi connectivity index (χ0v) is 8.41. The number of rotatable bonds is 4. The van der Waals surface area contributed by atoms with E-state index >= 15 is 0 Å². The fourth-order valence-corrected chi connectivity index (χ4v) is 1.20. The van der Waals surface area contributed by atoms with Gasteiger partial charge in [0.1, 0.15) is 0 Å². The molecular weight excluding hydrogens is 196 g/mol. The molecule has 0 fully saturated rings. The number of hydrogen-bond donors (Lipinski definition) is 2. The van der Waals surface area contributed by atoms with E-state index in [9.17, 15) is 4.79 Å². The van der Waals surface area contributed by atoms with Gasteiger partial charge in [-0.15, -0.1) is 0 Å². The van der Waals surface area contributed by atoms with E-state index < -0.39 is 0 Å². The third-order valence-corrected chi connectivity index (χ3v) is 2.01. The van der Waals surface area contributed by atoms with Crippen LogP contribution < -0.4 is 10.3 Å². The van der Waals surface area contributed by atoms with Crippen molar-refractivity contribution in [1.82, 2.24) is 19.9 Å². The van der Waals surface area contributed by atoms with Gasteiger partial charge >= 0.3 is 0 Å². The Bertz CT molecular complexity index is 502. The molecule has 6 heteroatoms. The third-order valence-electron chi connectivity index (χ3n) is 2.01. The Morgan fingerprint density at radius 2 is 2.40 bits per heavy atom. The maximum Gasteiger partial charge on any atom is 0.298 e. The first-order chi connectivity index (χ1) is 7.31. The van der Waals surface area contributed by atoms with Crippen molar-refractivity contribution in [2.24, 2.45) is 0 Å². The number of fused-ring (bicyclic) bond motifs is 1. The van der Waals surface area contributed by atoms with Crippen LogP contribution in [0.1, 0.15) is 19.8 Å². The monoisotopic (exact) mass is 208 g/mol. The number of ether oxygens (including phenoxy) is 1. The summed E-state index contributed by atoms with van der Waals surface area (Å²) in [5, 5.41) is 0. The summed E-state index contributed by atoms with van der Waals surface area (Å²) >= 11 is 0. The van der Waals surface area contributed by atoms with Crippen LogP contribution in [0.2, 0.25) is 0 Å². The van der Waals surface area contributed by atoms with Gasteiger partial charge in [0.05, 0.1) is 12.9 Å². The normalized spacial score (nSPS) is 10.7. The van der Waals surface area contributed by atoms with Gasteiger partial charge in [-0.3, -0.25) is 9.78 Å². The molecule has 0 amide bonds. The summed E-state index contributed by atoms with van der Waals surface area (Å²) in [6.45, 7) is 2.62. The van der Waals surface area contributed by atoms with Gasteiger partial charge in [0.2, 0.25) is 0 Å². The summed E-state index contributed by atoms with van der Waals surface area (Å²) < 4.78 is 5.28. The molecule has 0 spiro atoms. The third kappa shape index (κ3) is 1.98. The van der Waals surface area contributed by atoms with Crippen molar-refractivity contribution in [3.05, 3.63) is 16.7 Å². The average molecular weight is 208 g/mol. The van der Waals surface area contributed by atoms with E-state index in [1.165, 1.54) is 6.33 Å². The lowest BCUT2D eigenvalue weighted by Gasteiger charge is -2.02. The number of H-pyrrole nitrogens is 2. The predicted octanol–water partition coefficient (Wildman–Crippen LogP) is 0.825. The van der Waals surface area contributed by atoms with Crippen LogP contribution >= 0.6 is 0 Å². The van der Waals surface area contributed by atoms with Crippen LogP contribution in [0, 0.1) is 0 Å². The van der Waals surface area contributed by atoms with E-state index in [1.807, 2.05) is 0 Å². The molecule has 80 valence electrons. The maximum atomic E-state index is 11.4. The van der Waals surface area contributed by atoms with Gasteiger partial charge in [-0.25, -0.2) is 4.98 Å². The van der Waals surface area contributed by atoms with Crippen LogP contribution in [0.15, 0.2) is 11.1 Å². The van der Waals surface area contributed by atoms with Crippen molar-refractivity contribution in [1.29, 1.82) is 0 Å². The SMILES string of the molecule is CCCCOc1nc2nc[nH]c2c(=O)[nH]1. The second-order valence-corrected chi connectivity index (χ2v) is 3.17. The molecule has 2 aromatic heterocycles. The summed E-state index contributed by atoms with van der Waals surface area (Å²) in [4.78, 5) is 24.6. The van der Waals surface area contributed by atoms with E-state index in [0.29, 0.717) is 17.8 Å². The molecule has 15 heavy (non-hydrogen) atoms. The minimum Gasteiger partial charge on any atom is -0.465 e. The van der Waals surface area contributed by atoms with E-state index in [2.05, 4.69) is 26.9 Å². The molecule has 0 unspecified atom stereocenters. The largest absolute Gasteiger partial charge is 0.465 e. The summed E-state index contributed by atoms with van der Waals surface area (Å²) in [6.07, 6.45) is 3.40. The zero-order chi connectivity index (χ0) is 10.7. The standard InChI is InChI=1S/C9H12N4O2/c1-2-3-4-15-9-12-7-6(8(14)13-9)10-5-11-7/h5H,2-4H2,1H3,(H2,10,11,12,13,14). The lowest BCUT2D eigenvalue weighted by molar-refractivity contribution is 0.285. The van der Waals surface area contributed by atoms with Crippen molar-refractivity contribution in [2.45, 2.75) is 19.8 Å². The molecular formula is C9H12N4O2.